The fourth-order valence-electron chi connectivity index (χ4n) is 16.4. The maximum Gasteiger partial charge on any atom is 0.282 e. The van der Waals surface area contributed by atoms with Gasteiger partial charge in [0.05, 0.1) is 39.5 Å². The lowest BCUT2D eigenvalue weighted by atomic mass is 10.0. The molecule has 0 heterocycles. The van der Waals surface area contributed by atoms with Crippen LogP contribution in [0.25, 0.3) is 0 Å². The highest BCUT2D eigenvalue weighted by atomic mass is 79.9. The molecule has 5 heteroatoms. The Morgan fingerprint density at radius 2 is 0.373 bits per heavy atom. The molecule has 0 radical (unpaired) electrons. The highest BCUT2D eigenvalue weighted by Gasteiger charge is 2.33. The third-order valence-corrected chi connectivity index (χ3v) is 23.4. The molecule has 1 rings (SSSR count). The predicted octanol–water partition coefficient (Wildman–Crippen LogP) is 31.2. The first-order valence-electron chi connectivity index (χ1n) is 47.9. The van der Waals surface area contributed by atoms with E-state index in [-0.39, 0.29) is 17.0 Å². The topological polar surface area (TPSA) is 27.7 Å². The summed E-state index contributed by atoms with van der Waals surface area (Å²) in [5, 5.41) is 0. The Bertz CT molecular complexity index is 1540. The molecule has 0 aliphatic rings. The SMILES string of the molecule is CCCCCCCCCCCCCCCCCC[N+](CCCCCCCCCCCCCCCCCC)(CCCCCCCCCCCCCCCCCC(OCCCCCCCCCCCC)(OCCCCCCCCCCCC)OCCCCCCCCCCCC)Cc1ccccc1.[Br-]. The first kappa shape index (κ1) is 102. The second-order valence-corrected chi connectivity index (χ2v) is 33.6. The number of nitrogens with zero attached hydrogens (tertiary/aromatic N) is 1. The van der Waals surface area contributed by atoms with Crippen molar-refractivity contribution in [2.75, 3.05) is 39.5 Å². The number of quaternary nitrogens is 1. The Morgan fingerprint density at radius 3 is 0.569 bits per heavy atom. The average Bonchev–Trinajstić information content (AvgIpc) is 0.858. The maximum atomic E-state index is 6.88. The lowest BCUT2D eigenvalue weighted by Gasteiger charge is -2.39. The summed E-state index contributed by atoms with van der Waals surface area (Å²) in [4.78, 5) is 0. The summed E-state index contributed by atoms with van der Waals surface area (Å²) >= 11 is 0. The first-order valence-corrected chi connectivity index (χ1v) is 47.9. The van der Waals surface area contributed by atoms with Crippen LogP contribution >= 0.6 is 0 Å². The molecule has 0 spiro atoms. The van der Waals surface area contributed by atoms with E-state index in [0.717, 1.165) is 51.9 Å². The molecule has 0 bridgehead atoms. The average molecular weight is 1500 g/mol. The Labute approximate surface area is 654 Å². The van der Waals surface area contributed by atoms with E-state index in [0.29, 0.717) is 0 Å². The molecule has 102 heavy (non-hydrogen) atoms. The van der Waals surface area contributed by atoms with Gasteiger partial charge < -0.3 is 35.7 Å². The van der Waals surface area contributed by atoms with Crippen LogP contribution in [0.2, 0.25) is 0 Å². The van der Waals surface area contributed by atoms with Gasteiger partial charge in [0, 0.05) is 12.0 Å². The van der Waals surface area contributed by atoms with E-state index in [4.69, 9.17) is 14.2 Å². The fraction of sp³-hybridized carbons (Fsp3) is 0.938. The summed E-state index contributed by atoms with van der Waals surface area (Å²) in [7, 11) is 0. The first-order chi connectivity index (χ1) is 50.1. The van der Waals surface area contributed by atoms with Crippen LogP contribution in [0, 0.1) is 0 Å². The standard InChI is InChI=1S/C97H190NO3.BrH/c1-6-11-16-21-26-31-36-38-40-44-48-52-56-63-70-80-89-98(95-96-86-77-76-78-87-96,90-81-71-64-57-53-49-45-41-39-37-32-27-22-17-12-7-2)91-82-72-65-58-54-50-46-42-43-47-51-55-62-69-79-88-97(99-92-83-73-66-59-33-28-23-18-13-8-3,100-93-84-74-67-60-34-29-24-19-14-9-4)101-94-85-75-68-61-35-30-25-20-15-10-5;/h76-78,86-87H,6-75,79-85,88-95H2,1-5H3;1H/q+1;/p-1. The summed E-state index contributed by atoms with van der Waals surface area (Å²) < 4.78 is 22.0. The Hall–Kier alpha value is -0.460. The quantitative estimate of drug-likeness (QED) is 0.0370. The Morgan fingerprint density at radius 1 is 0.206 bits per heavy atom. The number of unbranched alkanes of at least 4 members (excludes halogenated alkanes) is 71. The van der Waals surface area contributed by atoms with Gasteiger partial charge in [-0.25, -0.2) is 0 Å². The zero-order valence-corrected chi connectivity index (χ0v) is 72.6. The summed E-state index contributed by atoms with van der Waals surface area (Å²) in [6, 6.07) is 11.7. The molecule has 0 N–H and O–H groups in total. The van der Waals surface area contributed by atoms with Crippen molar-refractivity contribution in [2.24, 2.45) is 0 Å². The van der Waals surface area contributed by atoms with Crippen LogP contribution in [-0.4, -0.2) is 49.9 Å². The van der Waals surface area contributed by atoms with E-state index in [2.05, 4.69) is 65.0 Å². The third-order valence-electron chi connectivity index (χ3n) is 23.4. The molecule has 0 aliphatic heterocycles. The zero-order chi connectivity index (χ0) is 72.3. The summed E-state index contributed by atoms with van der Waals surface area (Å²) in [6.45, 7) is 19.3. The molecule has 0 fully saturated rings. The molecule has 0 unspecified atom stereocenters. The lowest BCUT2D eigenvalue weighted by molar-refractivity contribution is -0.941. The zero-order valence-electron chi connectivity index (χ0n) is 71.0. The van der Waals surface area contributed by atoms with Gasteiger partial charge >= 0.3 is 0 Å². The minimum Gasteiger partial charge on any atom is -1.00 e. The van der Waals surface area contributed by atoms with Gasteiger partial charge in [-0.15, -0.1) is 0 Å². The van der Waals surface area contributed by atoms with Crippen molar-refractivity contribution in [1.29, 1.82) is 0 Å². The van der Waals surface area contributed by atoms with Crippen molar-refractivity contribution in [3.05, 3.63) is 35.9 Å². The lowest BCUT2D eigenvalue weighted by Crippen LogP contribution is -3.00. The van der Waals surface area contributed by atoms with Gasteiger partial charge in [0.1, 0.15) is 6.54 Å². The van der Waals surface area contributed by atoms with Crippen molar-refractivity contribution in [3.63, 3.8) is 0 Å². The van der Waals surface area contributed by atoms with Crippen molar-refractivity contribution in [3.8, 4) is 0 Å². The van der Waals surface area contributed by atoms with Crippen molar-refractivity contribution in [2.45, 2.75) is 548 Å². The number of benzene rings is 1. The smallest absolute Gasteiger partial charge is 0.282 e. The number of rotatable bonds is 90. The van der Waals surface area contributed by atoms with Gasteiger partial charge in [0.15, 0.2) is 0 Å². The van der Waals surface area contributed by atoms with Crippen LogP contribution in [0.3, 0.4) is 0 Å². The largest absolute Gasteiger partial charge is 1.00 e. The monoisotopic (exact) mass is 1500 g/mol. The van der Waals surface area contributed by atoms with Gasteiger partial charge in [0.25, 0.3) is 5.97 Å². The normalized spacial score (nSPS) is 12.0. The van der Waals surface area contributed by atoms with Gasteiger partial charge in [-0.3, -0.25) is 0 Å². The third kappa shape index (κ3) is 73.7. The van der Waals surface area contributed by atoms with E-state index in [1.165, 1.54) is 499 Å². The molecular formula is C97H190BrNO3. The fourth-order valence-corrected chi connectivity index (χ4v) is 16.4. The second kappa shape index (κ2) is 86.1. The summed E-state index contributed by atoms with van der Waals surface area (Å²) in [5.74, 6) is -0.860. The summed E-state index contributed by atoms with van der Waals surface area (Å²) in [5.41, 5.74) is 1.58. The van der Waals surface area contributed by atoms with Crippen molar-refractivity contribution >= 4 is 0 Å². The molecule has 0 atom stereocenters. The molecule has 1 aromatic carbocycles. The van der Waals surface area contributed by atoms with Gasteiger partial charge in [-0.05, 0) is 64.2 Å². The van der Waals surface area contributed by atoms with Gasteiger partial charge in [-0.2, -0.15) is 0 Å². The van der Waals surface area contributed by atoms with Crippen LogP contribution in [0.1, 0.15) is 541 Å². The van der Waals surface area contributed by atoms with E-state index < -0.39 is 5.97 Å². The summed E-state index contributed by atoms with van der Waals surface area (Å²) in [6.07, 6.45) is 109. The van der Waals surface area contributed by atoms with E-state index >= 15 is 0 Å². The number of ether oxygens (including phenoxy) is 3. The predicted molar refractivity (Wildman–Crippen MR) is 454 cm³/mol. The highest BCUT2D eigenvalue weighted by molar-refractivity contribution is 5.13. The van der Waals surface area contributed by atoms with Crippen LogP contribution < -0.4 is 17.0 Å². The molecule has 0 amide bonds. The van der Waals surface area contributed by atoms with E-state index in [1.54, 1.807) is 5.56 Å². The van der Waals surface area contributed by atoms with Crippen molar-refractivity contribution in [1.82, 2.24) is 0 Å². The molecular weight excluding hydrogens is 1310 g/mol. The Kier molecular flexibility index (Phi) is 85.7. The number of halogens is 1. The second-order valence-electron chi connectivity index (χ2n) is 33.6. The molecule has 0 saturated carbocycles. The van der Waals surface area contributed by atoms with Crippen LogP contribution in [-0.2, 0) is 20.8 Å². The number of hydrogen-bond acceptors (Lipinski definition) is 3. The molecule has 0 aromatic heterocycles. The molecule has 608 valence electrons. The molecule has 4 nitrogen and oxygen atoms in total. The minimum absolute atomic E-state index is 0. The van der Waals surface area contributed by atoms with E-state index in [1.807, 2.05) is 0 Å². The van der Waals surface area contributed by atoms with Crippen LogP contribution in [0.4, 0.5) is 0 Å². The van der Waals surface area contributed by atoms with Crippen molar-refractivity contribution < 1.29 is 35.7 Å². The molecule has 1 aromatic rings. The van der Waals surface area contributed by atoms with Crippen LogP contribution in [0.5, 0.6) is 0 Å². The van der Waals surface area contributed by atoms with Gasteiger partial charge in [-0.1, -0.05) is 495 Å². The molecule has 0 aliphatic carbocycles. The highest BCUT2D eigenvalue weighted by Crippen LogP contribution is 2.29. The Balaban J connectivity index is 0.000102. The maximum absolute atomic E-state index is 6.88. The van der Waals surface area contributed by atoms with Gasteiger partial charge in [0.2, 0.25) is 0 Å². The minimum atomic E-state index is -0.860. The van der Waals surface area contributed by atoms with Crippen LogP contribution in [0.15, 0.2) is 30.3 Å². The van der Waals surface area contributed by atoms with E-state index in [9.17, 15) is 0 Å². The molecule has 0 saturated heterocycles. The number of hydrogen-bond donors (Lipinski definition) is 0.